The Labute approximate surface area is 118 Å². The van der Waals surface area contributed by atoms with Crippen molar-refractivity contribution in [2.24, 2.45) is 5.73 Å². The Morgan fingerprint density at radius 2 is 2.26 bits per heavy atom. The lowest BCUT2D eigenvalue weighted by atomic mass is 9.90. The summed E-state index contributed by atoms with van der Waals surface area (Å²) in [6.07, 6.45) is 0. The van der Waals surface area contributed by atoms with Crippen molar-refractivity contribution in [1.82, 2.24) is 4.90 Å². The van der Waals surface area contributed by atoms with Gasteiger partial charge >= 0.3 is 5.97 Å². The highest BCUT2D eigenvalue weighted by atomic mass is 32.2. The number of nitrogens with two attached hydrogens (primary N) is 1. The van der Waals surface area contributed by atoms with Gasteiger partial charge in [-0.15, -0.1) is 11.8 Å². The molecule has 0 aromatic rings. The van der Waals surface area contributed by atoms with Crippen LogP contribution < -0.4 is 5.73 Å². The van der Waals surface area contributed by atoms with Gasteiger partial charge in [0.1, 0.15) is 16.6 Å². The van der Waals surface area contributed by atoms with Crippen LogP contribution >= 0.6 is 23.5 Å². The number of carboxylic acid groups (broad SMARTS) is 1. The molecule has 2 aliphatic rings. The third-order valence-corrected chi connectivity index (χ3v) is 5.50. The Kier molecular flexibility index (Phi) is 3.67. The molecule has 8 heteroatoms. The van der Waals surface area contributed by atoms with Gasteiger partial charge in [-0.1, -0.05) is 11.8 Å². The molecule has 0 aromatic heterocycles. The van der Waals surface area contributed by atoms with Crippen molar-refractivity contribution in [3.63, 3.8) is 0 Å². The lowest BCUT2D eigenvalue weighted by Gasteiger charge is -2.54. The average molecular weight is 302 g/mol. The van der Waals surface area contributed by atoms with Gasteiger partial charge in [-0.25, -0.2) is 4.79 Å². The normalized spacial score (nSPS) is 29.9. The van der Waals surface area contributed by atoms with Gasteiger partial charge in [0.05, 0.1) is 0 Å². The van der Waals surface area contributed by atoms with Crippen molar-refractivity contribution >= 4 is 40.5 Å². The average Bonchev–Trinajstić information content (AvgIpc) is 2.34. The summed E-state index contributed by atoms with van der Waals surface area (Å²) >= 11 is 2.48. The number of β-lactam (4-membered cyclic amide) rings is 1. The van der Waals surface area contributed by atoms with E-state index in [1.165, 1.54) is 23.6 Å². The molecule has 19 heavy (non-hydrogen) atoms. The fraction of sp³-hybridized carbons (Fsp3) is 0.545. The van der Waals surface area contributed by atoms with Gasteiger partial charge in [0, 0.05) is 18.4 Å². The topological polar surface area (TPSA) is 101 Å². The molecule has 3 N–H and O–H groups in total. The Bertz CT molecular complexity index is 501. The van der Waals surface area contributed by atoms with E-state index in [1.54, 1.807) is 6.92 Å². The molecule has 0 radical (unpaired) electrons. The van der Waals surface area contributed by atoms with Crippen LogP contribution in [-0.4, -0.2) is 49.4 Å². The van der Waals surface area contributed by atoms with E-state index in [4.69, 9.17) is 5.73 Å². The van der Waals surface area contributed by atoms with E-state index in [0.29, 0.717) is 17.1 Å². The second-order valence-electron chi connectivity index (χ2n) is 4.66. The van der Waals surface area contributed by atoms with Crippen molar-refractivity contribution in [3.05, 3.63) is 11.3 Å². The van der Waals surface area contributed by atoms with Crippen LogP contribution in [0.4, 0.5) is 0 Å². The summed E-state index contributed by atoms with van der Waals surface area (Å²) in [6.45, 7) is 3.04. The molecule has 0 bridgehead atoms. The zero-order chi connectivity index (χ0) is 14.4. The molecule has 1 fully saturated rings. The summed E-state index contributed by atoms with van der Waals surface area (Å²) in [4.78, 5) is 35.5. The maximum absolute atomic E-state index is 11.9. The number of rotatable bonds is 3. The third kappa shape index (κ3) is 2.28. The number of aliphatic carboxylic acids is 1. The van der Waals surface area contributed by atoms with Crippen LogP contribution in [0.3, 0.4) is 0 Å². The molecule has 0 aliphatic carbocycles. The van der Waals surface area contributed by atoms with Gasteiger partial charge < -0.3 is 10.8 Å². The van der Waals surface area contributed by atoms with Crippen LogP contribution in [0, 0.1) is 0 Å². The van der Waals surface area contributed by atoms with Crippen LogP contribution in [0.15, 0.2) is 11.3 Å². The zero-order valence-corrected chi connectivity index (χ0v) is 12.1. The molecular weight excluding hydrogens is 288 g/mol. The number of carboxylic acids is 1. The van der Waals surface area contributed by atoms with E-state index in [-0.39, 0.29) is 22.1 Å². The Hall–Kier alpha value is -0.990. The third-order valence-electron chi connectivity index (χ3n) is 3.07. The zero-order valence-electron chi connectivity index (χ0n) is 10.5. The molecule has 0 spiro atoms. The summed E-state index contributed by atoms with van der Waals surface area (Å²) in [7, 11) is 0. The van der Waals surface area contributed by atoms with Gasteiger partial charge in [0.2, 0.25) is 0 Å². The van der Waals surface area contributed by atoms with Gasteiger partial charge in [-0.05, 0) is 12.5 Å². The van der Waals surface area contributed by atoms with Crippen molar-refractivity contribution in [1.29, 1.82) is 0 Å². The van der Waals surface area contributed by atoms with Gasteiger partial charge in [0.15, 0.2) is 5.12 Å². The summed E-state index contributed by atoms with van der Waals surface area (Å²) < 4.78 is 0. The van der Waals surface area contributed by atoms with E-state index >= 15 is 0 Å². The Balaban J connectivity index is 2.30. The van der Waals surface area contributed by atoms with Crippen LogP contribution in [0.5, 0.6) is 0 Å². The Morgan fingerprint density at radius 3 is 2.79 bits per heavy atom. The minimum Gasteiger partial charge on any atom is -0.477 e. The molecule has 0 saturated carbocycles. The summed E-state index contributed by atoms with van der Waals surface area (Å²) in [5, 5.41) is 8.87. The number of thioether (sulfide) groups is 2. The SMILES string of the molecule is CC(=O)SCC1=C(C(=O)O)N2C(=O)[C@](C)(N)[C@H]2SC1. The second kappa shape index (κ2) is 4.84. The quantitative estimate of drug-likeness (QED) is 0.720. The highest BCUT2D eigenvalue weighted by molar-refractivity contribution is 8.13. The molecule has 2 atom stereocenters. The predicted molar refractivity (Wildman–Crippen MR) is 73.5 cm³/mol. The highest BCUT2D eigenvalue weighted by Crippen LogP contribution is 2.45. The number of hydrogen-bond donors (Lipinski definition) is 2. The maximum Gasteiger partial charge on any atom is 0.352 e. The molecular formula is C11H14N2O4S2. The number of hydrogen-bond acceptors (Lipinski definition) is 6. The second-order valence-corrected chi connectivity index (χ2v) is 6.88. The molecule has 0 aromatic carbocycles. The minimum atomic E-state index is -1.15. The molecule has 0 unspecified atom stereocenters. The molecule has 1 saturated heterocycles. The van der Waals surface area contributed by atoms with Crippen LogP contribution in [-0.2, 0) is 14.4 Å². The van der Waals surface area contributed by atoms with E-state index in [0.717, 1.165) is 11.8 Å². The lowest BCUT2D eigenvalue weighted by Crippen LogP contribution is -2.76. The first-order valence-electron chi connectivity index (χ1n) is 5.59. The van der Waals surface area contributed by atoms with Crippen LogP contribution in [0.1, 0.15) is 13.8 Å². The summed E-state index contributed by atoms with van der Waals surface area (Å²) in [5.74, 6) is -0.758. The Morgan fingerprint density at radius 1 is 1.63 bits per heavy atom. The molecule has 2 aliphatic heterocycles. The lowest BCUT2D eigenvalue weighted by molar-refractivity contribution is -0.153. The van der Waals surface area contributed by atoms with Crippen molar-refractivity contribution in [2.45, 2.75) is 24.8 Å². The first kappa shape index (κ1) is 14.4. The highest BCUT2D eigenvalue weighted by Gasteiger charge is 2.59. The monoisotopic (exact) mass is 302 g/mol. The molecule has 6 nitrogen and oxygen atoms in total. The number of amides is 1. The minimum absolute atomic E-state index is 0.00887. The molecule has 1 amide bonds. The smallest absolute Gasteiger partial charge is 0.352 e. The van der Waals surface area contributed by atoms with E-state index in [1.807, 2.05) is 0 Å². The van der Waals surface area contributed by atoms with E-state index < -0.39 is 11.5 Å². The number of fused-ring (bicyclic) bond motifs is 1. The largest absolute Gasteiger partial charge is 0.477 e. The molecule has 104 valence electrons. The fourth-order valence-electron chi connectivity index (χ4n) is 2.11. The van der Waals surface area contributed by atoms with Crippen molar-refractivity contribution in [2.75, 3.05) is 11.5 Å². The first-order chi connectivity index (χ1) is 8.76. The van der Waals surface area contributed by atoms with Gasteiger partial charge in [0.25, 0.3) is 5.91 Å². The molecule has 2 rings (SSSR count). The van der Waals surface area contributed by atoms with E-state index in [9.17, 15) is 19.5 Å². The van der Waals surface area contributed by atoms with Gasteiger partial charge in [-0.3, -0.25) is 14.5 Å². The van der Waals surface area contributed by atoms with E-state index in [2.05, 4.69) is 0 Å². The van der Waals surface area contributed by atoms with Crippen LogP contribution in [0.25, 0.3) is 0 Å². The standard InChI is InChI=1S/C11H14N2O4S2/c1-5(14)18-3-6-4-19-10-11(2,12)9(17)13(10)7(6)8(15)16/h10H,3-4,12H2,1-2H3,(H,15,16)/t10-,11+/m1/s1. The first-order valence-corrected chi connectivity index (χ1v) is 7.63. The summed E-state index contributed by atoms with van der Waals surface area (Å²) in [5.41, 5.74) is 5.44. The maximum atomic E-state index is 11.9. The van der Waals surface area contributed by atoms with Gasteiger partial charge in [-0.2, -0.15) is 0 Å². The number of carbonyl (C=O) groups is 3. The van der Waals surface area contributed by atoms with Crippen molar-refractivity contribution < 1.29 is 19.5 Å². The van der Waals surface area contributed by atoms with Crippen molar-refractivity contribution in [3.8, 4) is 0 Å². The van der Waals surface area contributed by atoms with Crippen LogP contribution in [0.2, 0.25) is 0 Å². The summed E-state index contributed by atoms with van der Waals surface area (Å²) in [6, 6.07) is 0. The predicted octanol–water partition coefficient (Wildman–Crippen LogP) is 0.237. The fourth-order valence-corrected chi connectivity index (χ4v) is 4.25. The number of carbonyl (C=O) groups excluding carboxylic acids is 2. The molecule has 2 heterocycles. The number of nitrogens with zero attached hydrogens (tertiary/aromatic N) is 1.